The Morgan fingerprint density at radius 3 is 1.00 bits per heavy atom. The summed E-state index contributed by atoms with van der Waals surface area (Å²) in [4.78, 5) is 9.63. The molecule has 0 spiro atoms. The van der Waals surface area contributed by atoms with Gasteiger partial charge in [0.1, 0.15) is 0 Å². The van der Waals surface area contributed by atoms with Crippen LogP contribution in [-0.4, -0.2) is 29.7 Å². The molecule has 0 heterocycles. The lowest BCUT2D eigenvalue weighted by molar-refractivity contribution is 0.568. The SMILES string of the molecule is C.C[Si](C)(O)c1ccccc1.C[Si](C)(O[Si](C)(C)c1ccccc1)c1ccccc1. The Hall–Kier alpha value is -1.77. The first kappa shape index (κ1) is 26.3. The summed E-state index contributed by atoms with van der Waals surface area (Å²) in [6, 6.07) is 31.2. The molecule has 2 nitrogen and oxygen atoms in total. The minimum absolute atomic E-state index is 0. The van der Waals surface area contributed by atoms with E-state index in [0.717, 1.165) is 5.19 Å². The normalized spacial score (nSPS) is 11.7. The second-order valence-corrected chi connectivity index (χ2v) is 20.5. The smallest absolute Gasteiger partial charge is 0.213 e. The van der Waals surface area contributed by atoms with Crippen LogP contribution in [-0.2, 0) is 4.12 Å². The predicted octanol–water partition coefficient (Wildman–Crippen LogP) is 4.95. The Balaban J connectivity index is 0.000000348. The van der Waals surface area contributed by atoms with E-state index in [1.54, 1.807) is 0 Å². The summed E-state index contributed by atoms with van der Waals surface area (Å²) >= 11 is 0. The van der Waals surface area contributed by atoms with Crippen LogP contribution in [0.1, 0.15) is 7.43 Å². The highest BCUT2D eigenvalue weighted by molar-refractivity contribution is 6.96. The first-order valence-electron chi connectivity index (χ1n) is 10.1. The molecule has 0 radical (unpaired) electrons. The first-order valence-corrected chi connectivity index (χ1v) is 18.9. The van der Waals surface area contributed by atoms with Gasteiger partial charge in [-0.1, -0.05) is 98.4 Å². The van der Waals surface area contributed by atoms with Crippen LogP contribution in [0, 0.1) is 0 Å². The highest BCUT2D eigenvalue weighted by atomic mass is 28.4. The van der Waals surface area contributed by atoms with Crippen LogP contribution in [0.25, 0.3) is 0 Å². The van der Waals surface area contributed by atoms with E-state index in [9.17, 15) is 4.80 Å². The quantitative estimate of drug-likeness (QED) is 0.552. The molecule has 0 atom stereocenters. The van der Waals surface area contributed by atoms with Crippen molar-refractivity contribution < 1.29 is 8.91 Å². The molecule has 0 fully saturated rings. The van der Waals surface area contributed by atoms with E-state index < -0.39 is 25.0 Å². The highest BCUT2D eigenvalue weighted by Crippen LogP contribution is 2.15. The van der Waals surface area contributed by atoms with Crippen molar-refractivity contribution in [3.8, 4) is 0 Å². The maximum Gasteiger partial charge on any atom is 0.213 e. The standard InChI is InChI=1S/C16H22OSi2.C8H12OSi.CH4/c1-18(2,15-11-7-5-8-12-15)17-19(3,4)16-13-9-6-10-14-16;1-10(2,9)8-6-4-3-5-7-8;/h5-14H,1-4H3;3-7,9H,1-2H3;1H4. The summed E-state index contributed by atoms with van der Waals surface area (Å²) < 4.78 is 6.68. The van der Waals surface area contributed by atoms with Crippen LogP contribution in [0.4, 0.5) is 0 Å². The van der Waals surface area contributed by atoms with Crippen molar-refractivity contribution in [1.82, 2.24) is 0 Å². The molecule has 0 aromatic heterocycles. The number of hydrogen-bond donors (Lipinski definition) is 1. The fourth-order valence-corrected chi connectivity index (χ4v) is 12.3. The van der Waals surface area contributed by atoms with E-state index in [4.69, 9.17) is 4.12 Å². The molecule has 0 saturated heterocycles. The minimum atomic E-state index is -2.03. The number of benzene rings is 3. The monoisotopic (exact) mass is 454 g/mol. The van der Waals surface area contributed by atoms with Gasteiger partial charge >= 0.3 is 0 Å². The van der Waals surface area contributed by atoms with Crippen molar-refractivity contribution in [3.63, 3.8) is 0 Å². The largest absolute Gasteiger partial charge is 0.449 e. The molecule has 3 rings (SSSR count). The van der Waals surface area contributed by atoms with Gasteiger partial charge in [-0.2, -0.15) is 0 Å². The molecule has 0 bridgehead atoms. The molecule has 0 aliphatic carbocycles. The summed E-state index contributed by atoms with van der Waals surface area (Å²) in [5.74, 6) is 0. The zero-order valence-electron chi connectivity index (χ0n) is 18.5. The molecule has 0 saturated carbocycles. The van der Waals surface area contributed by atoms with Gasteiger partial charge in [0.2, 0.25) is 25.0 Å². The van der Waals surface area contributed by atoms with Crippen LogP contribution in [0.15, 0.2) is 91.0 Å². The highest BCUT2D eigenvalue weighted by Gasteiger charge is 2.35. The molecule has 3 aromatic carbocycles. The Labute approximate surface area is 187 Å². The van der Waals surface area contributed by atoms with Gasteiger partial charge in [-0.05, 0) is 54.8 Å². The zero-order valence-corrected chi connectivity index (χ0v) is 21.5. The van der Waals surface area contributed by atoms with Crippen LogP contribution in [0.3, 0.4) is 0 Å². The molecule has 0 aliphatic rings. The number of rotatable bonds is 5. The van der Waals surface area contributed by atoms with Crippen molar-refractivity contribution in [2.24, 2.45) is 0 Å². The summed E-state index contributed by atoms with van der Waals surface area (Å²) in [5, 5.41) is 3.83. The summed E-state index contributed by atoms with van der Waals surface area (Å²) in [5.41, 5.74) is 0. The summed E-state index contributed by atoms with van der Waals surface area (Å²) in [6.45, 7) is 13.0. The van der Waals surface area contributed by atoms with Crippen molar-refractivity contribution in [2.75, 3.05) is 0 Å². The Morgan fingerprint density at radius 1 is 0.500 bits per heavy atom. The Kier molecular flexibility index (Phi) is 9.65. The average Bonchev–Trinajstić information content (AvgIpc) is 2.69. The molecule has 0 aliphatic heterocycles. The van der Waals surface area contributed by atoms with Crippen molar-refractivity contribution >= 4 is 40.5 Å². The molecule has 0 amide bonds. The summed E-state index contributed by atoms with van der Waals surface area (Å²) in [7, 11) is -5.71. The van der Waals surface area contributed by atoms with Gasteiger partial charge < -0.3 is 8.91 Å². The van der Waals surface area contributed by atoms with Gasteiger partial charge in [0.25, 0.3) is 0 Å². The van der Waals surface area contributed by atoms with E-state index in [2.05, 4.69) is 86.9 Å². The molecule has 3 aromatic rings. The summed E-state index contributed by atoms with van der Waals surface area (Å²) in [6.07, 6.45) is 0. The molecule has 1 N–H and O–H groups in total. The molecule has 30 heavy (non-hydrogen) atoms. The van der Waals surface area contributed by atoms with E-state index in [-0.39, 0.29) is 7.43 Å². The maximum absolute atomic E-state index is 9.63. The maximum atomic E-state index is 9.63. The topological polar surface area (TPSA) is 29.5 Å². The predicted molar refractivity (Wildman–Crippen MR) is 141 cm³/mol. The van der Waals surface area contributed by atoms with E-state index in [1.807, 2.05) is 43.4 Å². The van der Waals surface area contributed by atoms with Crippen LogP contribution in [0.5, 0.6) is 0 Å². The lowest BCUT2D eigenvalue weighted by Crippen LogP contribution is -2.57. The van der Waals surface area contributed by atoms with Gasteiger partial charge in [0.05, 0.1) is 0 Å². The van der Waals surface area contributed by atoms with Crippen molar-refractivity contribution in [1.29, 1.82) is 0 Å². The van der Waals surface area contributed by atoms with Crippen LogP contribution < -0.4 is 15.6 Å². The average molecular weight is 455 g/mol. The zero-order chi connectivity index (χ0) is 21.5. The molecule has 5 heteroatoms. The lowest BCUT2D eigenvalue weighted by atomic mass is 10.4. The van der Waals surface area contributed by atoms with Gasteiger partial charge in [0, 0.05) is 0 Å². The van der Waals surface area contributed by atoms with Gasteiger partial charge in [-0.3, -0.25) is 0 Å². The number of hydrogen-bond acceptors (Lipinski definition) is 2. The van der Waals surface area contributed by atoms with Crippen LogP contribution >= 0.6 is 0 Å². The fraction of sp³-hybridized carbons (Fsp3) is 0.280. The molecular weight excluding hydrogens is 417 g/mol. The Morgan fingerprint density at radius 2 is 0.767 bits per heavy atom. The molecular formula is C25H38O2Si3. The van der Waals surface area contributed by atoms with Crippen molar-refractivity contribution in [2.45, 2.75) is 46.7 Å². The van der Waals surface area contributed by atoms with Crippen LogP contribution in [0.2, 0.25) is 39.3 Å². The van der Waals surface area contributed by atoms with E-state index in [1.165, 1.54) is 10.4 Å². The van der Waals surface area contributed by atoms with Gasteiger partial charge in [0.15, 0.2) is 0 Å². The second kappa shape index (κ2) is 11.0. The third kappa shape index (κ3) is 7.81. The fourth-order valence-electron chi connectivity index (χ4n) is 3.28. The van der Waals surface area contributed by atoms with E-state index in [0.29, 0.717) is 0 Å². The third-order valence-corrected chi connectivity index (χ3v) is 14.2. The molecule has 0 unspecified atom stereocenters. The Bertz CT molecular complexity index is 810. The second-order valence-electron chi connectivity index (χ2n) is 8.78. The lowest BCUT2D eigenvalue weighted by Gasteiger charge is -2.34. The molecule has 162 valence electrons. The first-order chi connectivity index (χ1) is 13.5. The van der Waals surface area contributed by atoms with Gasteiger partial charge in [-0.25, -0.2) is 0 Å². The minimum Gasteiger partial charge on any atom is -0.449 e. The van der Waals surface area contributed by atoms with E-state index >= 15 is 0 Å². The third-order valence-electron chi connectivity index (χ3n) is 4.93. The van der Waals surface area contributed by atoms with Crippen molar-refractivity contribution in [3.05, 3.63) is 91.0 Å². The van der Waals surface area contributed by atoms with Gasteiger partial charge in [-0.15, -0.1) is 0 Å².